The van der Waals surface area contributed by atoms with E-state index >= 15 is 0 Å². The quantitative estimate of drug-likeness (QED) is 0.791. The minimum atomic E-state index is -0.0956. The fourth-order valence-corrected chi connectivity index (χ4v) is 2.16. The largest absolute Gasteiger partial charge is 0.392 e. The zero-order valence-corrected chi connectivity index (χ0v) is 12.3. The molecule has 0 radical (unpaired) electrons. The topological polar surface area (TPSA) is 61.4 Å². The molecule has 0 fully saturated rings. The lowest BCUT2D eigenvalue weighted by Crippen LogP contribution is -2.22. The van der Waals surface area contributed by atoms with E-state index in [1.54, 1.807) is 0 Å². The number of rotatable bonds is 5. The number of para-hydroxylation sites is 1. The van der Waals surface area contributed by atoms with Crippen molar-refractivity contribution in [1.82, 2.24) is 0 Å². The van der Waals surface area contributed by atoms with Gasteiger partial charge in [0.15, 0.2) is 0 Å². The van der Waals surface area contributed by atoms with Crippen molar-refractivity contribution in [3.8, 4) is 0 Å². The number of anilines is 2. The Bertz CT molecular complexity index is 618. The molecule has 0 aromatic heterocycles. The molecule has 4 nitrogen and oxygen atoms in total. The molecule has 3 N–H and O–H groups in total. The highest BCUT2D eigenvalue weighted by Gasteiger charge is 2.07. The molecule has 21 heavy (non-hydrogen) atoms. The van der Waals surface area contributed by atoms with E-state index in [1.807, 2.05) is 56.3 Å². The highest BCUT2D eigenvalue weighted by Crippen LogP contribution is 2.19. The van der Waals surface area contributed by atoms with Crippen molar-refractivity contribution in [2.45, 2.75) is 20.5 Å². The molecular formula is C17H20N2O2. The Morgan fingerprint density at radius 1 is 1.10 bits per heavy atom. The third kappa shape index (κ3) is 4.07. The van der Waals surface area contributed by atoms with Gasteiger partial charge in [-0.05, 0) is 42.7 Å². The van der Waals surface area contributed by atoms with Crippen LogP contribution in [0.15, 0.2) is 42.5 Å². The number of aliphatic hydroxyl groups is 1. The van der Waals surface area contributed by atoms with Crippen LogP contribution in [0, 0.1) is 13.8 Å². The van der Waals surface area contributed by atoms with Crippen molar-refractivity contribution in [1.29, 1.82) is 0 Å². The highest BCUT2D eigenvalue weighted by atomic mass is 16.3. The lowest BCUT2D eigenvalue weighted by atomic mass is 10.1. The predicted octanol–water partition coefficient (Wildman–Crippen LogP) is 2.85. The summed E-state index contributed by atoms with van der Waals surface area (Å²) >= 11 is 0. The standard InChI is InChI=1S/C17H20N2O2/c1-12-5-3-6-13(2)17(12)19-16(21)10-18-15-8-4-7-14(9-15)11-20/h3-9,18,20H,10-11H2,1-2H3,(H,19,21). The summed E-state index contributed by atoms with van der Waals surface area (Å²) in [7, 11) is 0. The van der Waals surface area contributed by atoms with E-state index in [1.165, 1.54) is 0 Å². The van der Waals surface area contributed by atoms with Gasteiger partial charge in [-0.2, -0.15) is 0 Å². The van der Waals surface area contributed by atoms with Gasteiger partial charge in [0.2, 0.25) is 5.91 Å². The van der Waals surface area contributed by atoms with Gasteiger partial charge < -0.3 is 15.7 Å². The Kier molecular flexibility index (Phi) is 4.95. The van der Waals surface area contributed by atoms with E-state index in [2.05, 4.69) is 10.6 Å². The van der Waals surface area contributed by atoms with E-state index in [-0.39, 0.29) is 19.1 Å². The van der Waals surface area contributed by atoms with E-state index in [0.29, 0.717) is 0 Å². The molecule has 110 valence electrons. The molecule has 0 aliphatic heterocycles. The van der Waals surface area contributed by atoms with Gasteiger partial charge in [0.1, 0.15) is 0 Å². The van der Waals surface area contributed by atoms with Crippen molar-refractivity contribution in [2.75, 3.05) is 17.2 Å². The van der Waals surface area contributed by atoms with Gasteiger partial charge in [-0.25, -0.2) is 0 Å². The zero-order valence-electron chi connectivity index (χ0n) is 12.3. The maximum atomic E-state index is 12.0. The molecule has 0 aliphatic rings. The summed E-state index contributed by atoms with van der Waals surface area (Å²) in [5, 5.41) is 15.1. The summed E-state index contributed by atoms with van der Waals surface area (Å²) in [6.07, 6.45) is 0. The highest BCUT2D eigenvalue weighted by molar-refractivity contribution is 5.95. The Morgan fingerprint density at radius 3 is 2.43 bits per heavy atom. The van der Waals surface area contributed by atoms with E-state index in [0.717, 1.165) is 28.1 Å². The van der Waals surface area contributed by atoms with Crippen molar-refractivity contribution in [3.63, 3.8) is 0 Å². The first-order valence-electron chi connectivity index (χ1n) is 6.90. The monoisotopic (exact) mass is 284 g/mol. The Hall–Kier alpha value is -2.33. The number of benzene rings is 2. The maximum absolute atomic E-state index is 12.0. The molecule has 0 spiro atoms. The molecule has 2 aromatic carbocycles. The first-order valence-corrected chi connectivity index (χ1v) is 6.90. The summed E-state index contributed by atoms with van der Waals surface area (Å²) in [5.74, 6) is -0.0956. The number of aliphatic hydroxyl groups excluding tert-OH is 1. The number of carbonyl (C=O) groups excluding carboxylic acids is 1. The predicted molar refractivity (Wildman–Crippen MR) is 85.4 cm³/mol. The van der Waals surface area contributed by atoms with E-state index < -0.39 is 0 Å². The van der Waals surface area contributed by atoms with Gasteiger partial charge in [0.05, 0.1) is 13.2 Å². The van der Waals surface area contributed by atoms with Crippen LogP contribution in [0.2, 0.25) is 0 Å². The molecule has 0 saturated carbocycles. The lowest BCUT2D eigenvalue weighted by molar-refractivity contribution is -0.114. The second kappa shape index (κ2) is 6.90. The molecule has 0 aliphatic carbocycles. The number of hydrogen-bond acceptors (Lipinski definition) is 3. The summed E-state index contributed by atoms with van der Waals surface area (Å²) in [6.45, 7) is 4.12. The van der Waals surface area contributed by atoms with Crippen LogP contribution in [-0.2, 0) is 11.4 Å². The molecule has 0 unspecified atom stereocenters. The Balaban J connectivity index is 1.96. The minimum absolute atomic E-state index is 0.00980. The van der Waals surface area contributed by atoms with Crippen LogP contribution < -0.4 is 10.6 Å². The first-order chi connectivity index (χ1) is 10.1. The molecule has 0 saturated heterocycles. The van der Waals surface area contributed by atoms with Gasteiger partial charge in [0, 0.05) is 11.4 Å². The fraction of sp³-hybridized carbons (Fsp3) is 0.235. The molecule has 0 heterocycles. The molecule has 0 atom stereocenters. The second-order valence-corrected chi connectivity index (χ2v) is 5.03. The summed E-state index contributed by atoms with van der Waals surface area (Å²) in [5.41, 5.74) is 4.60. The van der Waals surface area contributed by atoms with Crippen LogP contribution in [-0.4, -0.2) is 17.6 Å². The summed E-state index contributed by atoms with van der Waals surface area (Å²) < 4.78 is 0. The van der Waals surface area contributed by atoms with Crippen LogP contribution in [0.1, 0.15) is 16.7 Å². The lowest BCUT2D eigenvalue weighted by Gasteiger charge is -2.12. The van der Waals surface area contributed by atoms with Crippen LogP contribution in [0.25, 0.3) is 0 Å². The molecule has 1 amide bonds. The summed E-state index contributed by atoms with van der Waals surface area (Å²) in [6, 6.07) is 13.3. The average molecular weight is 284 g/mol. The van der Waals surface area contributed by atoms with E-state index in [9.17, 15) is 4.79 Å². The first kappa shape index (κ1) is 15.1. The fourth-order valence-electron chi connectivity index (χ4n) is 2.16. The van der Waals surface area contributed by atoms with Crippen molar-refractivity contribution in [3.05, 3.63) is 59.2 Å². The molecular weight excluding hydrogens is 264 g/mol. The third-order valence-electron chi connectivity index (χ3n) is 3.31. The average Bonchev–Trinajstić information content (AvgIpc) is 2.49. The minimum Gasteiger partial charge on any atom is -0.392 e. The smallest absolute Gasteiger partial charge is 0.243 e. The van der Waals surface area contributed by atoms with Crippen LogP contribution in [0.5, 0.6) is 0 Å². The van der Waals surface area contributed by atoms with Crippen molar-refractivity contribution < 1.29 is 9.90 Å². The number of aryl methyl sites for hydroxylation is 2. The van der Waals surface area contributed by atoms with Gasteiger partial charge >= 0.3 is 0 Å². The Morgan fingerprint density at radius 2 is 1.76 bits per heavy atom. The zero-order chi connectivity index (χ0) is 15.2. The Labute approximate surface area is 124 Å². The third-order valence-corrected chi connectivity index (χ3v) is 3.31. The SMILES string of the molecule is Cc1cccc(C)c1NC(=O)CNc1cccc(CO)c1. The van der Waals surface area contributed by atoms with Crippen LogP contribution in [0.3, 0.4) is 0 Å². The normalized spacial score (nSPS) is 10.2. The van der Waals surface area contributed by atoms with Crippen LogP contribution >= 0.6 is 0 Å². The number of nitrogens with one attached hydrogen (secondary N) is 2. The maximum Gasteiger partial charge on any atom is 0.243 e. The van der Waals surface area contributed by atoms with Crippen molar-refractivity contribution >= 4 is 17.3 Å². The number of amides is 1. The van der Waals surface area contributed by atoms with Crippen LogP contribution in [0.4, 0.5) is 11.4 Å². The number of hydrogen-bond donors (Lipinski definition) is 3. The van der Waals surface area contributed by atoms with Gasteiger partial charge in [-0.3, -0.25) is 4.79 Å². The molecule has 4 heteroatoms. The summed E-state index contributed by atoms with van der Waals surface area (Å²) in [4.78, 5) is 12.0. The molecule has 0 bridgehead atoms. The molecule has 2 rings (SSSR count). The van der Waals surface area contributed by atoms with Gasteiger partial charge in [-0.15, -0.1) is 0 Å². The van der Waals surface area contributed by atoms with Gasteiger partial charge in [0.25, 0.3) is 0 Å². The molecule has 2 aromatic rings. The van der Waals surface area contributed by atoms with Gasteiger partial charge in [-0.1, -0.05) is 30.3 Å². The number of carbonyl (C=O) groups is 1. The van der Waals surface area contributed by atoms with E-state index in [4.69, 9.17) is 5.11 Å². The van der Waals surface area contributed by atoms with Crippen molar-refractivity contribution in [2.24, 2.45) is 0 Å². The second-order valence-electron chi connectivity index (χ2n) is 5.03.